The Labute approximate surface area is 219 Å². The Bertz CT molecular complexity index is 1440. The Hall–Kier alpha value is -3.33. The fourth-order valence-corrected chi connectivity index (χ4v) is 5.14. The van der Waals surface area contributed by atoms with E-state index in [1.54, 1.807) is 62.8 Å². The van der Waals surface area contributed by atoms with E-state index < -0.39 is 35.4 Å². The molecule has 0 spiro atoms. The van der Waals surface area contributed by atoms with Gasteiger partial charge in [0, 0.05) is 51.5 Å². The minimum absolute atomic E-state index is 0.00823. The van der Waals surface area contributed by atoms with Crippen molar-refractivity contribution in [1.29, 1.82) is 0 Å². The summed E-state index contributed by atoms with van der Waals surface area (Å²) in [7, 11) is 3.45. The first kappa shape index (κ1) is 26.7. The van der Waals surface area contributed by atoms with Crippen molar-refractivity contribution < 1.29 is 18.7 Å². The zero-order chi connectivity index (χ0) is 27.2. The highest BCUT2D eigenvalue weighted by molar-refractivity contribution is 6.30. The van der Waals surface area contributed by atoms with Gasteiger partial charge in [-0.05, 0) is 57.4 Å². The van der Waals surface area contributed by atoms with Gasteiger partial charge in [-0.15, -0.1) is 0 Å². The normalized spacial score (nSPS) is 18.2. The van der Waals surface area contributed by atoms with Crippen molar-refractivity contribution in [3.8, 4) is 0 Å². The molecule has 0 saturated carbocycles. The van der Waals surface area contributed by atoms with Crippen LogP contribution in [0.3, 0.4) is 0 Å². The lowest BCUT2D eigenvalue weighted by molar-refractivity contribution is 0.0177. The minimum atomic E-state index is -0.664. The minimum Gasteiger partial charge on any atom is -0.444 e. The molecule has 37 heavy (non-hydrogen) atoms. The predicted octanol–water partition coefficient (Wildman–Crippen LogP) is 4.50. The molecule has 2 aromatic heterocycles. The second-order valence-corrected chi connectivity index (χ2v) is 11.1. The van der Waals surface area contributed by atoms with E-state index in [0.717, 1.165) is 5.56 Å². The van der Waals surface area contributed by atoms with Crippen molar-refractivity contribution >= 4 is 34.5 Å². The maximum atomic E-state index is 14.4. The molecule has 1 fully saturated rings. The van der Waals surface area contributed by atoms with Gasteiger partial charge in [0.2, 0.25) is 0 Å². The highest BCUT2D eigenvalue weighted by Gasteiger charge is 2.36. The van der Waals surface area contributed by atoms with Crippen LogP contribution in [-0.4, -0.2) is 50.8 Å². The number of rotatable bonds is 3. The maximum Gasteiger partial charge on any atom is 0.410 e. The predicted molar refractivity (Wildman–Crippen MR) is 141 cm³/mol. The van der Waals surface area contributed by atoms with Gasteiger partial charge in [-0.2, -0.15) is 0 Å². The average molecular weight is 531 g/mol. The number of hydrogen-bond acceptors (Lipinski definition) is 4. The van der Waals surface area contributed by atoms with Crippen LogP contribution in [0.1, 0.15) is 54.6 Å². The first-order chi connectivity index (χ1) is 17.3. The van der Waals surface area contributed by atoms with E-state index >= 15 is 0 Å². The number of nitrogens with zero attached hydrogens (tertiary/aromatic N) is 3. The van der Waals surface area contributed by atoms with E-state index in [2.05, 4.69) is 5.32 Å². The van der Waals surface area contributed by atoms with Crippen LogP contribution in [-0.2, 0) is 18.8 Å². The lowest BCUT2D eigenvalue weighted by Gasteiger charge is -2.39. The smallest absolute Gasteiger partial charge is 0.410 e. The number of pyridine rings is 1. The van der Waals surface area contributed by atoms with Gasteiger partial charge < -0.3 is 24.1 Å². The fraction of sp³-hybridized carbons (Fsp3) is 0.444. The number of aromatic nitrogens is 2. The molecule has 0 bridgehead atoms. The molecule has 3 heterocycles. The number of fused-ring (bicyclic) bond motifs is 1. The number of hydrogen-bond donors (Lipinski definition) is 1. The summed E-state index contributed by atoms with van der Waals surface area (Å²) in [6.07, 6.45) is 3.34. The molecule has 0 unspecified atom stereocenters. The molecule has 8 nitrogen and oxygen atoms in total. The number of benzene rings is 1. The van der Waals surface area contributed by atoms with E-state index in [0.29, 0.717) is 29.4 Å². The summed E-state index contributed by atoms with van der Waals surface area (Å²) in [6, 6.07) is 4.08. The fourth-order valence-electron chi connectivity index (χ4n) is 5.02. The molecule has 0 radical (unpaired) electrons. The summed E-state index contributed by atoms with van der Waals surface area (Å²) in [5.41, 5.74) is 1.52. The Morgan fingerprint density at radius 3 is 2.51 bits per heavy atom. The molecule has 0 aliphatic carbocycles. The first-order valence-corrected chi connectivity index (χ1v) is 12.5. The van der Waals surface area contributed by atoms with Crippen LogP contribution >= 0.6 is 11.6 Å². The molecule has 2 atom stereocenters. The number of nitrogens with one attached hydrogen (secondary N) is 1. The third kappa shape index (κ3) is 5.37. The molecule has 1 saturated heterocycles. The molecule has 198 valence electrons. The zero-order valence-corrected chi connectivity index (χ0v) is 22.6. The van der Waals surface area contributed by atoms with Gasteiger partial charge in [0.15, 0.2) is 0 Å². The third-order valence-electron chi connectivity index (χ3n) is 6.67. The van der Waals surface area contributed by atoms with Gasteiger partial charge in [0.1, 0.15) is 11.4 Å². The number of amides is 2. The van der Waals surface area contributed by atoms with Crippen LogP contribution in [0.25, 0.3) is 10.9 Å². The molecular formula is C27H32ClFN4O4. The summed E-state index contributed by atoms with van der Waals surface area (Å²) in [4.78, 5) is 40.9. The first-order valence-electron chi connectivity index (χ1n) is 12.2. The average Bonchev–Trinajstić information content (AvgIpc) is 3.16. The van der Waals surface area contributed by atoms with Gasteiger partial charge in [0.25, 0.3) is 11.5 Å². The molecule has 2 amide bonds. The maximum absolute atomic E-state index is 14.4. The van der Waals surface area contributed by atoms with Crippen molar-refractivity contribution in [1.82, 2.24) is 19.4 Å². The van der Waals surface area contributed by atoms with E-state index in [9.17, 15) is 18.8 Å². The number of likely N-dealkylation sites (tertiary alicyclic amines) is 1. The van der Waals surface area contributed by atoms with Crippen LogP contribution in [0.5, 0.6) is 0 Å². The topological polar surface area (TPSA) is 85.6 Å². The lowest BCUT2D eigenvalue weighted by Crippen LogP contribution is -2.52. The van der Waals surface area contributed by atoms with E-state index in [1.807, 2.05) is 6.92 Å². The number of carbonyl (C=O) groups is 2. The SMILES string of the molecule is Cc1cn(C)c(=O)c2c(C(=O)N[C@H]3CCN(C(=O)OC(C)(C)C)C[C@@H]3c3ccc(Cl)c(F)c3)cn(C)c12. The molecule has 1 aromatic carbocycles. The number of ether oxygens (including phenoxy) is 1. The van der Waals surface area contributed by atoms with Gasteiger partial charge >= 0.3 is 6.09 Å². The number of piperidine rings is 1. The highest BCUT2D eigenvalue weighted by atomic mass is 35.5. The summed E-state index contributed by atoms with van der Waals surface area (Å²) >= 11 is 5.91. The molecule has 1 aliphatic rings. The second-order valence-electron chi connectivity index (χ2n) is 10.7. The van der Waals surface area contributed by atoms with Crippen molar-refractivity contribution in [3.05, 3.63) is 68.5 Å². The Kier molecular flexibility index (Phi) is 7.12. The summed E-state index contributed by atoms with van der Waals surface area (Å²) in [6.45, 7) is 7.83. The van der Waals surface area contributed by atoms with Crippen molar-refractivity contribution in [3.63, 3.8) is 0 Å². The number of halogens is 2. The van der Waals surface area contributed by atoms with Gasteiger partial charge in [-0.1, -0.05) is 17.7 Å². The quantitative estimate of drug-likeness (QED) is 0.540. The molecule has 3 aromatic rings. The van der Waals surface area contributed by atoms with Crippen molar-refractivity contribution in [2.24, 2.45) is 14.1 Å². The lowest BCUT2D eigenvalue weighted by atomic mass is 9.85. The molecule has 4 rings (SSSR count). The standard InChI is InChI=1S/C27H32ClFN4O4/c1-15-12-32(6)25(35)22-18(13-31(5)23(15)22)24(34)30-21-9-10-33(26(36)37-27(2,3)4)14-17(21)16-7-8-19(28)20(29)11-16/h7-8,11-13,17,21H,9-10,14H2,1-6H3,(H,30,34)/t17-,21+/m1/s1. The molecule has 10 heteroatoms. The van der Waals surface area contributed by atoms with Gasteiger partial charge in [-0.3, -0.25) is 9.59 Å². The highest BCUT2D eigenvalue weighted by Crippen LogP contribution is 2.31. The van der Waals surface area contributed by atoms with Gasteiger partial charge in [-0.25, -0.2) is 9.18 Å². The van der Waals surface area contributed by atoms with Crippen molar-refractivity contribution in [2.45, 2.75) is 51.7 Å². The summed E-state index contributed by atoms with van der Waals surface area (Å²) in [5.74, 6) is -1.40. The van der Waals surface area contributed by atoms with Crippen LogP contribution in [0.15, 0.2) is 35.4 Å². The van der Waals surface area contributed by atoms with Gasteiger partial charge in [0.05, 0.1) is 21.5 Å². The van der Waals surface area contributed by atoms with Crippen LogP contribution in [0.2, 0.25) is 5.02 Å². The summed E-state index contributed by atoms with van der Waals surface area (Å²) < 4.78 is 23.2. The molecule has 1 aliphatic heterocycles. The largest absolute Gasteiger partial charge is 0.444 e. The second kappa shape index (κ2) is 9.85. The Morgan fingerprint density at radius 1 is 1.16 bits per heavy atom. The number of aryl methyl sites for hydroxylation is 3. The van der Waals surface area contributed by atoms with Crippen LogP contribution in [0, 0.1) is 12.7 Å². The molecular weight excluding hydrogens is 499 g/mol. The van der Waals surface area contributed by atoms with Crippen molar-refractivity contribution in [2.75, 3.05) is 13.1 Å². The number of carbonyl (C=O) groups excluding carboxylic acids is 2. The Balaban J connectivity index is 1.67. The van der Waals surface area contributed by atoms with E-state index in [1.165, 1.54) is 16.7 Å². The molecule has 1 N–H and O–H groups in total. The van der Waals surface area contributed by atoms with Crippen LogP contribution < -0.4 is 10.9 Å². The third-order valence-corrected chi connectivity index (χ3v) is 6.98. The van der Waals surface area contributed by atoms with E-state index in [4.69, 9.17) is 16.3 Å². The monoisotopic (exact) mass is 530 g/mol. The van der Waals surface area contributed by atoms with Crippen LogP contribution in [0.4, 0.5) is 9.18 Å². The van der Waals surface area contributed by atoms with E-state index in [-0.39, 0.29) is 22.7 Å². The zero-order valence-electron chi connectivity index (χ0n) is 21.9. The Morgan fingerprint density at radius 2 is 1.86 bits per heavy atom. The summed E-state index contributed by atoms with van der Waals surface area (Å²) in [5, 5.41) is 3.40.